The summed E-state index contributed by atoms with van der Waals surface area (Å²) in [6.07, 6.45) is 1.05. The Labute approximate surface area is 117 Å². The first-order valence-electron chi connectivity index (χ1n) is 6.02. The minimum atomic E-state index is -3.48. The fourth-order valence-electron chi connectivity index (χ4n) is 1.35. The molecule has 1 aromatic rings. The van der Waals surface area contributed by atoms with Crippen LogP contribution >= 0.6 is 11.3 Å². The third kappa shape index (κ3) is 4.90. The molecule has 0 aromatic carbocycles. The fraction of sp³-hybridized carbons (Fsp3) is 0.545. The normalized spacial score (nSPS) is 11.5. The molecule has 6 nitrogen and oxygen atoms in total. The van der Waals surface area contributed by atoms with Crippen molar-refractivity contribution in [3.8, 4) is 0 Å². The summed E-state index contributed by atoms with van der Waals surface area (Å²) in [5.74, 6) is -0.249. The van der Waals surface area contributed by atoms with Crippen LogP contribution in [0.15, 0.2) is 16.3 Å². The van der Waals surface area contributed by atoms with Crippen LogP contribution < -0.4 is 15.4 Å². The summed E-state index contributed by atoms with van der Waals surface area (Å²) >= 11 is 1.12. The average molecular weight is 305 g/mol. The van der Waals surface area contributed by atoms with Crippen LogP contribution in [0, 0.1) is 0 Å². The number of carbonyl (C=O) groups excluding carboxylic acids is 1. The van der Waals surface area contributed by atoms with E-state index in [1.54, 1.807) is 0 Å². The van der Waals surface area contributed by atoms with Crippen LogP contribution in [-0.4, -0.2) is 41.0 Å². The minimum Gasteiger partial charge on any atom is -0.350 e. The Bertz CT molecular complexity index is 511. The summed E-state index contributed by atoms with van der Waals surface area (Å²) in [4.78, 5) is 12.3. The first kappa shape index (κ1) is 16.1. The highest BCUT2D eigenvalue weighted by Crippen LogP contribution is 2.18. The van der Waals surface area contributed by atoms with Gasteiger partial charge >= 0.3 is 0 Å². The zero-order valence-electron chi connectivity index (χ0n) is 11.0. The SMILES string of the molecule is CCCNCCNC(=O)c1cc(S(=O)(=O)NC)cs1. The standard InChI is InChI=1S/C11H19N3O3S2/c1-3-4-13-5-6-14-11(15)10-7-9(8-18-10)19(16,17)12-2/h7-8,12-13H,3-6H2,1-2H3,(H,14,15). The second kappa shape index (κ2) is 7.59. The maximum Gasteiger partial charge on any atom is 0.261 e. The molecule has 108 valence electrons. The van der Waals surface area contributed by atoms with Crippen molar-refractivity contribution in [3.63, 3.8) is 0 Å². The summed E-state index contributed by atoms with van der Waals surface area (Å²) in [6.45, 7) is 4.21. The lowest BCUT2D eigenvalue weighted by Crippen LogP contribution is -2.31. The van der Waals surface area contributed by atoms with Crippen LogP contribution in [0.25, 0.3) is 0 Å². The van der Waals surface area contributed by atoms with Crippen LogP contribution in [0.5, 0.6) is 0 Å². The number of carbonyl (C=O) groups is 1. The van der Waals surface area contributed by atoms with Crippen molar-refractivity contribution in [2.75, 3.05) is 26.7 Å². The lowest BCUT2D eigenvalue weighted by atomic mass is 10.4. The second-order valence-electron chi connectivity index (χ2n) is 3.86. The van der Waals surface area contributed by atoms with Gasteiger partial charge in [0.2, 0.25) is 10.0 Å². The summed E-state index contributed by atoms with van der Waals surface area (Å²) < 4.78 is 25.3. The number of nitrogens with one attached hydrogen (secondary N) is 3. The number of rotatable bonds is 8. The Morgan fingerprint density at radius 3 is 2.68 bits per heavy atom. The molecule has 0 spiro atoms. The first-order valence-corrected chi connectivity index (χ1v) is 8.38. The third-order valence-corrected chi connectivity index (χ3v) is 4.86. The van der Waals surface area contributed by atoms with Crippen LogP contribution in [0.1, 0.15) is 23.0 Å². The van der Waals surface area contributed by atoms with Crippen molar-refractivity contribution in [2.24, 2.45) is 0 Å². The highest BCUT2D eigenvalue weighted by Gasteiger charge is 2.16. The predicted molar refractivity (Wildman–Crippen MR) is 76.1 cm³/mol. The van der Waals surface area contributed by atoms with E-state index in [9.17, 15) is 13.2 Å². The molecule has 1 heterocycles. The van der Waals surface area contributed by atoms with Crippen molar-refractivity contribution < 1.29 is 13.2 Å². The Balaban J connectivity index is 2.50. The number of hydrogen-bond acceptors (Lipinski definition) is 5. The van der Waals surface area contributed by atoms with Gasteiger partial charge < -0.3 is 10.6 Å². The molecule has 8 heteroatoms. The Morgan fingerprint density at radius 2 is 2.05 bits per heavy atom. The summed E-state index contributed by atoms with van der Waals surface area (Å²) in [7, 11) is -2.14. The quantitative estimate of drug-likeness (QED) is 0.606. The van der Waals surface area contributed by atoms with Gasteiger partial charge in [0.05, 0.1) is 9.77 Å². The molecular formula is C11H19N3O3S2. The van der Waals surface area contributed by atoms with Crippen LogP contribution in [-0.2, 0) is 10.0 Å². The largest absolute Gasteiger partial charge is 0.350 e. The van der Waals surface area contributed by atoms with Gasteiger partial charge in [0, 0.05) is 18.5 Å². The van der Waals surface area contributed by atoms with Gasteiger partial charge in [-0.2, -0.15) is 0 Å². The first-order chi connectivity index (χ1) is 9.01. The molecule has 3 N–H and O–H groups in total. The van der Waals surface area contributed by atoms with Gasteiger partial charge in [0.1, 0.15) is 0 Å². The smallest absolute Gasteiger partial charge is 0.261 e. The molecule has 0 fully saturated rings. The molecule has 0 bridgehead atoms. The Morgan fingerprint density at radius 1 is 1.32 bits per heavy atom. The Kier molecular flexibility index (Phi) is 6.43. The van der Waals surface area contributed by atoms with Crippen LogP contribution in [0.2, 0.25) is 0 Å². The molecule has 0 saturated carbocycles. The van der Waals surface area contributed by atoms with Crippen molar-refractivity contribution >= 4 is 27.3 Å². The maximum atomic E-state index is 11.8. The lowest BCUT2D eigenvalue weighted by molar-refractivity contribution is 0.0958. The zero-order valence-corrected chi connectivity index (χ0v) is 12.7. The van der Waals surface area contributed by atoms with Gasteiger partial charge in [0.25, 0.3) is 5.91 Å². The number of amides is 1. The highest BCUT2D eigenvalue weighted by atomic mass is 32.2. The topological polar surface area (TPSA) is 87.3 Å². The van der Waals surface area contributed by atoms with Gasteiger partial charge in [-0.1, -0.05) is 6.92 Å². The van der Waals surface area contributed by atoms with E-state index in [0.717, 1.165) is 24.3 Å². The van der Waals surface area contributed by atoms with Gasteiger partial charge in [-0.15, -0.1) is 11.3 Å². The molecule has 19 heavy (non-hydrogen) atoms. The predicted octanol–water partition coefficient (Wildman–Crippen LogP) is 0.386. The molecule has 0 aliphatic rings. The van der Waals surface area contributed by atoms with Gasteiger partial charge in [0.15, 0.2) is 0 Å². The van der Waals surface area contributed by atoms with E-state index in [4.69, 9.17) is 0 Å². The van der Waals surface area contributed by atoms with Crippen molar-refractivity contribution in [1.29, 1.82) is 0 Å². The molecule has 1 amide bonds. The molecule has 0 radical (unpaired) electrons. The highest BCUT2D eigenvalue weighted by molar-refractivity contribution is 7.89. The summed E-state index contributed by atoms with van der Waals surface area (Å²) in [5, 5.41) is 7.35. The molecule has 0 atom stereocenters. The van der Waals surface area contributed by atoms with E-state index in [2.05, 4.69) is 22.3 Å². The van der Waals surface area contributed by atoms with Crippen LogP contribution in [0.3, 0.4) is 0 Å². The third-order valence-electron chi connectivity index (χ3n) is 2.39. The monoisotopic (exact) mass is 305 g/mol. The molecule has 0 aliphatic heterocycles. The summed E-state index contributed by atoms with van der Waals surface area (Å²) in [6, 6.07) is 1.38. The lowest BCUT2D eigenvalue weighted by Gasteiger charge is -2.04. The molecular weight excluding hydrogens is 286 g/mol. The van der Waals surface area contributed by atoms with E-state index in [-0.39, 0.29) is 10.8 Å². The van der Waals surface area contributed by atoms with Gasteiger partial charge in [-0.3, -0.25) is 4.79 Å². The molecule has 1 aromatic heterocycles. The van der Waals surface area contributed by atoms with E-state index in [1.807, 2.05) is 0 Å². The van der Waals surface area contributed by atoms with Gasteiger partial charge in [-0.05, 0) is 26.1 Å². The van der Waals surface area contributed by atoms with E-state index < -0.39 is 10.0 Å². The second-order valence-corrected chi connectivity index (χ2v) is 6.66. The number of hydrogen-bond donors (Lipinski definition) is 3. The summed E-state index contributed by atoms with van der Waals surface area (Å²) in [5.41, 5.74) is 0. The van der Waals surface area contributed by atoms with E-state index in [1.165, 1.54) is 18.5 Å². The maximum absolute atomic E-state index is 11.8. The average Bonchev–Trinajstić information content (AvgIpc) is 2.88. The number of sulfonamides is 1. The molecule has 1 rings (SSSR count). The minimum absolute atomic E-state index is 0.120. The van der Waals surface area contributed by atoms with E-state index in [0.29, 0.717) is 18.0 Å². The number of thiophene rings is 1. The molecule has 0 aliphatic carbocycles. The fourth-order valence-corrected chi connectivity index (χ4v) is 3.27. The molecule has 0 saturated heterocycles. The molecule has 0 unspecified atom stereocenters. The van der Waals surface area contributed by atoms with Gasteiger partial charge in [-0.25, -0.2) is 13.1 Å². The van der Waals surface area contributed by atoms with Crippen molar-refractivity contribution in [2.45, 2.75) is 18.2 Å². The zero-order chi connectivity index (χ0) is 14.3. The Hall–Kier alpha value is -0.960. The van der Waals surface area contributed by atoms with E-state index >= 15 is 0 Å². The van der Waals surface area contributed by atoms with Crippen molar-refractivity contribution in [1.82, 2.24) is 15.4 Å². The van der Waals surface area contributed by atoms with Crippen LogP contribution in [0.4, 0.5) is 0 Å². The van der Waals surface area contributed by atoms with Crippen molar-refractivity contribution in [3.05, 3.63) is 16.3 Å².